The van der Waals surface area contributed by atoms with Crippen LogP contribution in [-0.2, 0) is 0 Å². The maximum absolute atomic E-state index is 13.8. The molecule has 2 rings (SSSR count). The predicted octanol–water partition coefficient (Wildman–Crippen LogP) is 3.09. The summed E-state index contributed by atoms with van der Waals surface area (Å²) in [5, 5.41) is 0. The summed E-state index contributed by atoms with van der Waals surface area (Å²) in [6.45, 7) is 3.71. The van der Waals surface area contributed by atoms with Gasteiger partial charge in [0.2, 0.25) is 0 Å². The first-order valence-corrected chi connectivity index (χ1v) is 5.05. The second-order valence-electron chi connectivity index (χ2n) is 3.94. The van der Waals surface area contributed by atoms with Crippen molar-refractivity contribution in [3.63, 3.8) is 0 Å². The number of nitrogens with two attached hydrogens (primary N) is 1. The SMILES string of the molecule is Cc1cncc(-c2cc(N)c(C)cc2F)c1. The summed E-state index contributed by atoms with van der Waals surface area (Å²) in [7, 11) is 0. The van der Waals surface area contributed by atoms with Gasteiger partial charge in [-0.05, 0) is 43.2 Å². The minimum Gasteiger partial charge on any atom is -0.398 e. The molecule has 3 heteroatoms. The number of nitrogens with zero attached hydrogens (tertiary/aromatic N) is 1. The van der Waals surface area contributed by atoms with E-state index < -0.39 is 0 Å². The lowest BCUT2D eigenvalue weighted by molar-refractivity contribution is 0.630. The Morgan fingerprint density at radius 1 is 1.12 bits per heavy atom. The summed E-state index contributed by atoms with van der Waals surface area (Å²) in [6.07, 6.45) is 3.37. The zero-order chi connectivity index (χ0) is 11.7. The third-order valence-corrected chi connectivity index (χ3v) is 2.54. The molecule has 0 saturated heterocycles. The van der Waals surface area contributed by atoms with Gasteiger partial charge in [0.05, 0.1) is 0 Å². The Labute approximate surface area is 93.9 Å². The minimum absolute atomic E-state index is 0.265. The number of hydrogen-bond donors (Lipinski definition) is 1. The van der Waals surface area contributed by atoms with Crippen LogP contribution in [0.25, 0.3) is 11.1 Å². The zero-order valence-corrected chi connectivity index (χ0v) is 9.29. The molecule has 0 spiro atoms. The molecule has 0 amide bonds. The predicted molar refractivity (Wildman–Crippen MR) is 63.5 cm³/mol. The molecule has 0 saturated carbocycles. The lowest BCUT2D eigenvalue weighted by atomic mass is 10.0. The van der Waals surface area contributed by atoms with Crippen LogP contribution in [0.1, 0.15) is 11.1 Å². The molecule has 0 aliphatic rings. The van der Waals surface area contributed by atoms with E-state index in [1.165, 1.54) is 6.07 Å². The molecule has 0 aliphatic heterocycles. The molecule has 1 aromatic heterocycles. The normalized spacial score (nSPS) is 10.4. The van der Waals surface area contributed by atoms with Crippen molar-refractivity contribution in [2.75, 3.05) is 5.73 Å². The number of benzene rings is 1. The molecule has 0 unspecified atom stereocenters. The molecular weight excluding hydrogens is 203 g/mol. The molecule has 0 fully saturated rings. The molecular formula is C13H13FN2. The minimum atomic E-state index is -0.265. The number of aromatic nitrogens is 1. The van der Waals surface area contributed by atoms with Crippen LogP contribution in [0.4, 0.5) is 10.1 Å². The van der Waals surface area contributed by atoms with Crippen molar-refractivity contribution in [2.45, 2.75) is 13.8 Å². The molecule has 0 aliphatic carbocycles. The second-order valence-corrected chi connectivity index (χ2v) is 3.94. The van der Waals surface area contributed by atoms with Crippen LogP contribution >= 0.6 is 0 Å². The topological polar surface area (TPSA) is 38.9 Å². The van der Waals surface area contributed by atoms with E-state index in [0.29, 0.717) is 11.3 Å². The first-order chi connectivity index (χ1) is 7.58. The van der Waals surface area contributed by atoms with Crippen molar-refractivity contribution in [2.24, 2.45) is 0 Å². The largest absolute Gasteiger partial charge is 0.398 e. The first-order valence-electron chi connectivity index (χ1n) is 5.05. The maximum Gasteiger partial charge on any atom is 0.131 e. The third-order valence-electron chi connectivity index (χ3n) is 2.54. The molecule has 1 heterocycles. The Kier molecular flexibility index (Phi) is 2.60. The molecule has 2 nitrogen and oxygen atoms in total. The van der Waals surface area contributed by atoms with Gasteiger partial charge in [-0.2, -0.15) is 0 Å². The van der Waals surface area contributed by atoms with Crippen molar-refractivity contribution < 1.29 is 4.39 Å². The van der Waals surface area contributed by atoms with Gasteiger partial charge in [0.25, 0.3) is 0 Å². The van der Waals surface area contributed by atoms with Crippen LogP contribution in [-0.4, -0.2) is 4.98 Å². The number of anilines is 1. The Morgan fingerprint density at radius 2 is 1.88 bits per heavy atom. The highest BCUT2D eigenvalue weighted by Crippen LogP contribution is 2.27. The van der Waals surface area contributed by atoms with E-state index >= 15 is 0 Å². The molecule has 2 N–H and O–H groups in total. The van der Waals surface area contributed by atoms with Crippen molar-refractivity contribution in [1.29, 1.82) is 0 Å². The number of pyridine rings is 1. The van der Waals surface area contributed by atoms with Gasteiger partial charge < -0.3 is 5.73 Å². The van der Waals surface area contributed by atoms with Crippen molar-refractivity contribution in [3.05, 3.63) is 47.5 Å². The fourth-order valence-corrected chi connectivity index (χ4v) is 1.61. The third kappa shape index (κ3) is 1.89. The molecule has 82 valence electrons. The van der Waals surface area contributed by atoms with E-state index in [0.717, 1.165) is 16.7 Å². The smallest absolute Gasteiger partial charge is 0.131 e. The second kappa shape index (κ2) is 3.93. The molecule has 0 radical (unpaired) electrons. The monoisotopic (exact) mass is 216 g/mol. The average molecular weight is 216 g/mol. The molecule has 0 atom stereocenters. The van der Waals surface area contributed by atoms with E-state index in [-0.39, 0.29) is 5.82 Å². The van der Waals surface area contributed by atoms with E-state index in [1.54, 1.807) is 25.4 Å². The van der Waals surface area contributed by atoms with Gasteiger partial charge in [-0.3, -0.25) is 4.98 Å². The van der Waals surface area contributed by atoms with Crippen LogP contribution in [0.2, 0.25) is 0 Å². The number of halogens is 1. The van der Waals surface area contributed by atoms with E-state index in [4.69, 9.17) is 5.73 Å². The lowest BCUT2D eigenvalue weighted by Crippen LogP contribution is -1.94. The van der Waals surface area contributed by atoms with Crippen molar-refractivity contribution in [3.8, 4) is 11.1 Å². The van der Waals surface area contributed by atoms with E-state index in [1.807, 2.05) is 13.0 Å². The Balaban J connectivity index is 2.60. The summed E-state index contributed by atoms with van der Waals surface area (Å²) in [4.78, 5) is 4.05. The molecule has 0 bridgehead atoms. The standard InChI is InChI=1S/C13H13FN2/c1-8-3-10(7-16-6-8)11-5-13(15)9(2)4-12(11)14/h3-7H,15H2,1-2H3. The van der Waals surface area contributed by atoms with Crippen LogP contribution in [0.3, 0.4) is 0 Å². The highest BCUT2D eigenvalue weighted by atomic mass is 19.1. The van der Waals surface area contributed by atoms with Crippen LogP contribution in [0, 0.1) is 19.7 Å². The molecule has 2 aromatic rings. The Bertz CT molecular complexity index is 535. The van der Waals surface area contributed by atoms with Crippen molar-refractivity contribution in [1.82, 2.24) is 4.98 Å². The van der Waals surface area contributed by atoms with Crippen LogP contribution in [0.5, 0.6) is 0 Å². The van der Waals surface area contributed by atoms with E-state index in [2.05, 4.69) is 4.98 Å². The quantitative estimate of drug-likeness (QED) is 0.744. The maximum atomic E-state index is 13.8. The van der Waals surface area contributed by atoms with Gasteiger partial charge in [-0.15, -0.1) is 0 Å². The lowest BCUT2D eigenvalue weighted by Gasteiger charge is -2.07. The van der Waals surface area contributed by atoms with Gasteiger partial charge in [0.15, 0.2) is 0 Å². The molecule has 1 aromatic carbocycles. The molecule has 16 heavy (non-hydrogen) atoms. The number of rotatable bonds is 1. The highest BCUT2D eigenvalue weighted by Gasteiger charge is 2.08. The number of aryl methyl sites for hydroxylation is 2. The highest BCUT2D eigenvalue weighted by molar-refractivity contribution is 5.69. The zero-order valence-electron chi connectivity index (χ0n) is 9.29. The van der Waals surface area contributed by atoms with Crippen LogP contribution in [0.15, 0.2) is 30.6 Å². The summed E-state index contributed by atoms with van der Waals surface area (Å²) < 4.78 is 13.8. The van der Waals surface area contributed by atoms with Gasteiger partial charge >= 0.3 is 0 Å². The van der Waals surface area contributed by atoms with Gasteiger partial charge in [0, 0.05) is 29.2 Å². The average Bonchev–Trinajstić information content (AvgIpc) is 2.23. The summed E-state index contributed by atoms with van der Waals surface area (Å²) >= 11 is 0. The number of nitrogen functional groups attached to an aromatic ring is 1. The number of hydrogen-bond acceptors (Lipinski definition) is 2. The van der Waals surface area contributed by atoms with Crippen LogP contribution < -0.4 is 5.73 Å². The fourth-order valence-electron chi connectivity index (χ4n) is 1.61. The van der Waals surface area contributed by atoms with Gasteiger partial charge in [-0.1, -0.05) is 0 Å². The Morgan fingerprint density at radius 3 is 2.56 bits per heavy atom. The van der Waals surface area contributed by atoms with Gasteiger partial charge in [-0.25, -0.2) is 4.39 Å². The van der Waals surface area contributed by atoms with Crippen molar-refractivity contribution >= 4 is 5.69 Å². The van der Waals surface area contributed by atoms with Gasteiger partial charge in [0.1, 0.15) is 5.82 Å². The summed E-state index contributed by atoms with van der Waals surface area (Å²) in [6, 6.07) is 4.99. The summed E-state index contributed by atoms with van der Waals surface area (Å²) in [5.74, 6) is -0.265. The Hall–Kier alpha value is -1.90. The summed E-state index contributed by atoms with van der Waals surface area (Å²) in [5.41, 5.74) is 9.37. The fraction of sp³-hybridized carbons (Fsp3) is 0.154. The first kappa shape index (κ1) is 10.6. The van der Waals surface area contributed by atoms with E-state index in [9.17, 15) is 4.39 Å².